The number of aromatic nitrogens is 1. The Bertz CT molecular complexity index is 1110. The molecule has 1 aliphatic rings. The van der Waals surface area contributed by atoms with Gasteiger partial charge in [0.25, 0.3) is 5.91 Å². The fourth-order valence-corrected chi connectivity index (χ4v) is 4.97. The molecule has 1 atom stereocenters. The van der Waals surface area contributed by atoms with Gasteiger partial charge < -0.3 is 18.7 Å². The number of hydrogen-bond acceptors (Lipinski definition) is 5. The number of furan rings is 1. The summed E-state index contributed by atoms with van der Waals surface area (Å²) in [5, 5.41) is 3.96. The first kappa shape index (κ1) is 23.8. The number of nitrogens with zero attached hydrogens (tertiary/aromatic N) is 3. The van der Waals surface area contributed by atoms with Crippen molar-refractivity contribution in [2.24, 2.45) is 5.92 Å². The van der Waals surface area contributed by atoms with Crippen molar-refractivity contribution in [2.45, 2.75) is 52.5 Å². The summed E-state index contributed by atoms with van der Waals surface area (Å²) in [5.74, 6) is 1.72. The van der Waals surface area contributed by atoms with Crippen molar-refractivity contribution in [2.75, 3.05) is 20.1 Å². The van der Waals surface area contributed by atoms with E-state index in [2.05, 4.69) is 17.3 Å². The van der Waals surface area contributed by atoms with Crippen molar-refractivity contribution < 1.29 is 18.5 Å². The van der Waals surface area contributed by atoms with E-state index in [1.54, 1.807) is 12.3 Å². The summed E-state index contributed by atoms with van der Waals surface area (Å²) in [6, 6.07) is 12.1. The summed E-state index contributed by atoms with van der Waals surface area (Å²) in [6.45, 7) is 6.90. The van der Waals surface area contributed by atoms with Crippen molar-refractivity contribution in [3.63, 3.8) is 0 Å². The molecule has 0 aliphatic carbocycles. The zero-order chi connectivity index (χ0) is 24.2. The van der Waals surface area contributed by atoms with Gasteiger partial charge in [0.15, 0.2) is 0 Å². The van der Waals surface area contributed by atoms with E-state index < -0.39 is 0 Å². The van der Waals surface area contributed by atoms with Gasteiger partial charge in [-0.3, -0.25) is 9.59 Å². The second-order valence-electron chi connectivity index (χ2n) is 9.26. The summed E-state index contributed by atoms with van der Waals surface area (Å²) in [6.07, 6.45) is 4.36. The van der Waals surface area contributed by atoms with E-state index in [-0.39, 0.29) is 17.9 Å². The van der Waals surface area contributed by atoms with Gasteiger partial charge >= 0.3 is 0 Å². The lowest BCUT2D eigenvalue weighted by atomic mass is 9.84. The lowest BCUT2D eigenvalue weighted by Crippen LogP contribution is -2.48. The van der Waals surface area contributed by atoms with E-state index in [4.69, 9.17) is 8.94 Å². The van der Waals surface area contributed by atoms with Crippen LogP contribution in [0.5, 0.6) is 0 Å². The number of carbonyl (C=O) groups is 2. The van der Waals surface area contributed by atoms with Gasteiger partial charge in [0.05, 0.1) is 23.9 Å². The van der Waals surface area contributed by atoms with Crippen molar-refractivity contribution in [1.82, 2.24) is 15.0 Å². The van der Waals surface area contributed by atoms with Crippen LogP contribution in [0, 0.1) is 26.7 Å². The summed E-state index contributed by atoms with van der Waals surface area (Å²) in [7, 11) is 1.89. The molecule has 7 heteroatoms. The molecule has 4 rings (SSSR count). The molecule has 0 spiro atoms. The Balaban J connectivity index is 1.46. The van der Waals surface area contributed by atoms with Crippen LogP contribution < -0.4 is 0 Å². The van der Waals surface area contributed by atoms with Crippen LogP contribution in [-0.2, 0) is 17.6 Å². The Morgan fingerprint density at radius 3 is 2.38 bits per heavy atom. The number of amides is 2. The Labute approximate surface area is 200 Å². The fourth-order valence-electron chi connectivity index (χ4n) is 4.97. The Morgan fingerprint density at radius 1 is 1.09 bits per heavy atom. The van der Waals surface area contributed by atoms with Crippen LogP contribution in [0.3, 0.4) is 0 Å². The highest BCUT2D eigenvalue weighted by atomic mass is 16.5. The third-order valence-corrected chi connectivity index (χ3v) is 7.14. The van der Waals surface area contributed by atoms with Crippen LogP contribution >= 0.6 is 0 Å². The highest BCUT2D eigenvalue weighted by molar-refractivity contribution is 5.95. The molecular formula is C27H33N3O4. The molecule has 1 saturated heterocycles. The highest BCUT2D eigenvalue weighted by Crippen LogP contribution is 2.28. The van der Waals surface area contributed by atoms with E-state index in [0.717, 1.165) is 30.5 Å². The van der Waals surface area contributed by atoms with Crippen LogP contribution in [0.15, 0.2) is 51.6 Å². The van der Waals surface area contributed by atoms with E-state index >= 15 is 0 Å². The predicted octanol–water partition coefficient (Wildman–Crippen LogP) is 4.36. The molecule has 34 heavy (non-hydrogen) atoms. The smallest absolute Gasteiger partial charge is 0.257 e. The van der Waals surface area contributed by atoms with Gasteiger partial charge in [-0.1, -0.05) is 35.5 Å². The maximum Gasteiger partial charge on any atom is 0.257 e. The molecule has 0 bridgehead atoms. The summed E-state index contributed by atoms with van der Waals surface area (Å²) in [4.78, 5) is 30.1. The maximum atomic E-state index is 13.3. The Kier molecular flexibility index (Phi) is 7.20. The topological polar surface area (TPSA) is 79.8 Å². The first-order valence-electron chi connectivity index (χ1n) is 11.9. The molecular weight excluding hydrogens is 430 g/mol. The van der Waals surface area contributed by atoms with Crippen molar-refractivity contribution in [3.8, 4) is 0 Å². The predicted molar refractivity (Wildman–Crippen MR) is 128 cm³/mol. The van der Waals surface area contributed by atoms with Crippen molar-refractivity contribution in [3.05, 3.63) is 76.6 Å². The molecule has 0 unspecified atom stereocenters. The molecule has 7 nitrogen and oxygen atoms in total. The normalized spacial score (nSPS) is 15.4. The minimum Gasteiger partial charge on any atom is -0.469 e. The van der Waals surface area contributed by atoms with Gasteiger partial charge in [-0.25, -0.2) is 0 Å². The number of piperidine rings is 1. The zero-order valence-corrected chi connectivity index (χ0v) is 20.4. The number of aryl methyl sites for hydroxylation is 3. The summed E-state index contributed by atoms with van der Waals surface area (Å²) in [5.41, 5.74) is 3.47. The first-order chi connectivity index (χ1) is 16.3. The summed E-state index contributed by atoms with van der Waals surface area (Å²) < 4.78 is 10.6. The molecule has 180 valence electrons. The molecule has 2 amide bonds. The molecule has 2 aromatic heterocycles. The first-order valence-corrected chi connectivity index (χ1v) is 11.9. The van der Waals surface area contributed by atoms with E-state index in [9.17, 15) is 9.59 Å². The van der Waals surface area contributed by atoms with E-state index in [1.807, 2.05) is 55.8 Å². The van der Waals surface area contributed by atoms with Crippen LogP contribution in [0.1, 0.15) is 51.5 Å². The average Bonchev–Trinajstić information content (AvgIpc) is 3.42. The Morgan fingerprint density at radius 2 is 1.79 bits per heavy atom. The summed E-state index contributed by atoms with van der Waals surface area (Å²) >= 11 is 0. The fraction of sp³-hybridized carbons (Fsp3) is 0.444. The lowest BCUT2D eigenvalue weighted by Gasteiger charge is -2.40. The lowest BCUT2D eigenvalue weighted by molar-refractivity contribution is -0.132. The SMILES string of the molecule is Cc1noc(C)c1CC(=O)N1CCC([C@@H](Cc2ccccc2)N(C)C(=O)c2ccoc2C)CC1. The van der Waals surface area contributed by atoms with Crippen molar-refractivity contribution >= 4 is 11.8 Å². The minimum absolute atomic E-state index is 0.0240. The van der Waals surface area contributed by atoms with E-state index in [1.165, 1.54) is 5.56 Å². The third-order valence-electron chi connectivity index (χ3n) is 7.14. The second-order valence-corrected chi connectivity index (χ2v) is 9.26. The van der Waals surface area contributed by atoms with Crippen molar-refractivity contribution in [1.29, 1.82) is 0 Å². The molecule has 0 radical (unpaired) electrons. The monoisotopic (exact) mass is 463 g/mol. The number of hydrogen-bond donors (Lipinski definition) is 0. The second kappa shape index (κ2) is 10.3. The number of benzene rings is 1. The Hall–Kier alpha value is -3.35. The molecule has 3 heterocycles. The molecule has 1 aliphatic heterocycles. The van der Waals surface area contributed by atoms with Crippen LogP contribution in [0.2, 0.25) is 0 Å². The van der Waals surface area contributed by atoms with Crippen LogP contribution in [-0.4, -0.2) is 52.9 Å². The number of likely N-dealkylation sites (tertiary alicyclic amines) is 1. The van der Waals surface area contributed by atoms with Gasteiger partial charge in [0.2, 0.25) is 5.91 Å². The largest absolute Gasteiger partial charge is 0.469 e. The molecule has 1 fully saturated rings. The van der Waals surface area contributed by atoms with Crippen LogP contribution in [0.4, 0.5) is 0 Å². The maximum absolute atomic E-state index is 13.3. The number of likely N-dealkylation sites (N-methyl/N-ethyl adjacent to an activating group) is 1. The highest BCUT2D eigenvalue weighted by Gasteiger charge is 2.34. The molecule has 1 aromatic carbocycles. The van der Waals surface area contributed by atoms with Crippen LogP contribution in [0.25, 0.3) is 0 Å². The average molecular weight is 464 g/mol. The van der Waals surface area contributed by atoms with Gasteiger partial charge in [-0.05, 0) is 57.6 Å². The molecule has 0 N–H and O–H groups in total. The number of rotatable bonds is 7. The zero-order valence-electron chi connectivity index (χ0n) is 20.4. The van der Waals surface area contributed by atoms with Gasteiger partial charge in [-0.2, -0.15) is 0 Å². The number of carbonyl (C=O) groups excluding carboxylic acids is 2. The standard InChI is InChI=1S/C27H33N3O4/c1-18-24(20(3)34-28-18)17-26(31)30-13-10-22(11-14-30)25(16-21-8-6-5-7-9-21)29(4)27(32)23-12-15-33-19(23)2/h5-9,12,15,22,25H,10-11,13-14,16-17H2,1-4H3/t25-/m1/s1. The van der Waals surface area contributed by atoms with Gasteiger partial charge in [0, 0.05) is 31.7 Å². The molecule has 3 aromatic rings. The molecule has 0 saturated carbocycles. The van der Waals surface area contributed by atoms with E-state index in [0.29, 0.717) is 42.5 Å². The third kappa shape index (κ3) is 5.08. The van der Waals surface area contributed by atoms with Gasteiger partial charge in [0.1, 0.15) is 11.5 Å². The minimum atomic E-state index is -0.0240. The van der Waals surface area contributed by atoms with Gasteiger partial charge in [-0.15, -0.1) is 0 Å². The quantitative estimate of drug-likeness (QED) is 0.520.